The Labute approximate surface area is 705 Å². The van der Waals surface area contributed by atoms with Crippen molar-refractivity contribution in [3.8, 4) is 111 Å². The first-order chi connectivity index (χ1) is 60.8. The lowest BCUT2D eigenvalue weighted by atomic mass is 9.86. The van der Waals surface area contributed by atoms with Crippen molar-refractivity contribution < 1.29 is 0 Å². The van der Waals surface area contributed by atoms with Crippen LogP contribution in [0.5, 0.6) is 0 Å². The number of pyridine rings is 3. The van der Waals surface area contributed by atoms with Gasteiger partial charge in [-0.3, -0.25) is 27.6 Å². The van der Waals surface area contributed by atoms with Crippen molar-refractivity contribution in [1.29, 1.82) is 0 Å². The van der Waals surface area contributed by atoms with Gasteiger partial charge in [-0.1, -0.05) is 358 Å². The molecule has 0 fully saturated rings. The fraction of sp³-hybridized carbons (Fsp3) is 0. The van der Waals surface area contributed by atoms with Gasteiger partial charge in [0.25, 0.3) is 16.7 Å². The van der Waals surface area contributed by atoms with Crippen molar-refractivity contribution in [2.75, 3.05) is 0 Å². The molecule has 19 aromatic carbocycles. The van der Waals surface area contributed by atoms with Crippen LogP contribution in [-0.2, 0) is 0 Å². The van der Waals surface area contributed by atoms with Crippen LogP contribution < -0.4 is 16.7 Å². The first kappa shape index (κ1) is 71.7. The number of imidazole rings is 3. The van der Waals surface area contributed by atoms with Crippen LogP contribution in [0.3, 0.4) is 0 Å². The summed E-state index contributed by atoms with van der Waals surface area (Å²) in [6, 6.07) is 145. The number of hydrogen-bond acceptors (Lipinski definition) is 6. The Balaban J connectivity index is 0.000000107. The van der Waals surface area contributed by atoms with Gasteiger partial charge in [0.1, 0.15) is 16.9 Å². The van der Waals surface area contributed by atoms with Gasteiger partial charge in [-0.2, -0.15) is 0 Å². The lowest BCUT2D eigenvalue weighted by Crippen LogP contribution is -2.13. The van der Waals surface area contributed by atoms with Crippen LogP contribution in [0.4, 0.5) is 0 Å². The second-order valence-electron chi connectivity index (χ2n) is 31.4. The van der Waals surface area contributed by atoms with Gasteiger partial charge in [0.2, 0.25) is 0 Å². The first-order valence-corrected chi connectivity index (χ1v) is 41.4. The molecule has 0 aliphatic carbocycles. The Morgan fingerprint density at radius 2 is 0.504 bits per heavy atom. The minimum absolute atomic E-state index is 0.0412. The molecule has 25 rings (SSSR count). The molecule has 25 aromatic rings. The summed E-state index contributed by atoms with van der Waals surface area (Å²) >= 11 is 0. The van der Waals surface area contributed by atoms with Crippen LogP contribution in [0, 0.1) is 0 Å². The number of benzene rings is 19. The Bertz CT molecular complexity index is 8620. The highest BCUT2D eigenvalue weighted by atomic mass is 16.1. The molecule has 0 bridgehead atoms. The van der Waals surface area contributed by atoms with E-state index in [4.69, 9.17) is 15.0 Å². The lowest BCUT2D eigenvalue weighted by Gasteiger charge is -2.17. The zero-order valence-electron chi connectivity index (χ0n) is 66.3. The predicted molar refractivity (Wildman–Crippen MR) is 510 cm³/mol. The fourth-order valence-corrected chi connectivity index (χ4v) is 18.9. The Kier molecular flexibility index (Phi) is 17.2. The SMILES string of the molecule is O=c1c2cc(-c3ccccc3)cc3c(-c4ccccc4)ccc(c32)c2nc3c(-c4ccccc4)cccc3n12.O=c1c2cc(-c3ccccc3)cc3c(-c4ccccc4)ccc(c32)c2nc3cc(-c4ccccc4)ccc3n12.O=c1c2ccc(-c3ccccc3)c3cccc(c32)c2nc3c(-c4ccccc4)c(-c4ccccc4)c(-c4ccccc4)cc3n12. The quantitative estimate of drug-likeness (QED) is 0.135. The molecule has 0 aliphatic heterocycles. The Morgan fingerprint density at radius 1 is 0.171 bits per heavy atom. The zero-order chi connectivity index (χ0) is 81.8. The van der Waals surface area contributed by atoms with Crippen molar-refractivity contribution in [2.24, 2.45) is 0 Å². The smallest absolute Gasteiger partial charge is 0.264 e. The van der Waals surface area contributed by atoms with Gasteiger partial charge >= 0.3 is 0 Å². The van der Waals surface area contributed by atoms with E-state index < -0.39 is 0 Å². The normalized spacial score (nSPS) is 11.7. The van der Waals surface area contributed by atoms with Crippen molar-refractivity contribution in [1.82, 2.24) is 28.2 Å². The summed E-state index contributed by atoms with van der Waals surface area (Å²) in [5, 5.41) is 11.1. The highest BCUT2D eigenvalue weighted by molar-refractivity contribution is 6.24. The van der Waals surface area contributed by atoms with E-state index in [0.717, 1.165) is 193 Å². The molecule has 123 heavy (non-hydrogen) atoms. The van der Waals surface area contributed by atoms with Crippen molar-refractivity contribution in [3.05, 3.63) is 456 Å². The van der Waals surface area contributed by atoms with E-state index in [1.807, 2.05) is 150 Å². The number of hydrogen-bond donors (Lipinski definition) is 0. The Morgan fingerprint density at radius 3 is 0.984 bits per heavy atom. The highest BCUT2D eigenvalue weighted by Gasteiger charge is 2.28. The average Bonchev–Trinajstić information content (AvgIpc) is 1.55. The molecule has 0 N–H and O–H groups in total. The molecule has 0 amide bonds. The molecular formula is C114H70N6O3. The van der Waals surface area contributed by atoms with Crippen LogP contribution in [0.25, 0.3) is 226 Å². The van der Waals surface area contributed by atoms with E-state index in [9.17, 15) is 14.4 Å². The van der Waals surface area contributed by atoms with Gasteiger partial charge in [0.05, 0.1) is 33.1 Å². The maximum atomic E-state index is 14.6. The molecule has 6 aromatic heterocycles. The van der Waals surface area contributed by atoms with Crippen LogP contribution in [0.15, 0.2) is 439 Å². The molecule has 9 heteroatoms. The number of fused-ring (bicyclic) bond motifs is 12. The maximum absolute atomic E-state index is 14.6. The largest absolute Gasteiger partial charge is 0.268 e. The maximum Gasteiger partial charge on any atom is 0.264 e. The van der Waals surface area contributed by atoms with Crippen molar-refractivity contribution in [3.63, 3.8) is 0 Å². The van der Waals surface area contributed by atoms with Gasteiger partial charge in [0, 0.05) is 59.6 Å². The molecular weight excluding hydrogens is 1500 g/mol. The minimum Gasteiger partial charge on any atom is -0.268 e. The van der Waals surface area contributed by atoms with Gasteiger partial charge in [-0.15, -0.1) is 0 Å². The van der Waals surface area contributed by atoms with Crippen molar-refractivity contribution in [2.45, 2.75) is 0 Å². The topological polar surface area (TPSA) is 103 Å². The zero-order valence-corrected chi connectivity index (χ0v) is 66.3. The first-order valence-electron chi connectivity index (χ1n) is 41.4. The molecule has 574 valence electrons. The minimum atomic E-state index is -0.0544. The van der Waals surface area contributed by atoms with E-state index in [1.54, 1.807) is 8.80 Å². The third-order valence-corrected chi connectivity index (χ3v) is 24.5. The summed E-state index contributed by atoms with van der Waals surface area (Å²) in [6.07, 6.45) is 0. The van der Waals surface area contributed by atoms with E-state index in [-0.39, 0.29) is 16.7 Å². The summed E-state index contributed by atoms with van der Waals surface area (Å²) in [7, 11) is 0. The van der Waals surface area contributed by atoms with Crippen LogP contribution in [0.2, 0.25) is 0 Å². The van der Waals surface area contributed by atoms with Gasteiger partial charge < -0.3 is 0 Å². The summed E-state index contributed by atoms with van der Waals surface area (Å²) in [5.74, 6) is 0. The molecule has 6 heterocycles. The molecule has 9 nitrogen and oxygen atoms in total. The highest BCUT2D eigenvalue weighted by Crippen LogP contribution is 2.48. The molecule has 0 saturated carbocycles. The number of rotatable bonds is 10. The summed E-state index contributed by atoms with van der Waals surface area (Å²) in [6.45, 7) is 0. The monoisotopic (exact) mass is 1570 g/mol. The third kappa shape index (κ3) is 11.9. The molecule has 0 spiro atoms. The molecule has 0 radical (unpaired) electrons. The summed E-state index contributed by atoms with van der Waals surface area (Å²) in [5.41, 5.74) is 28.5. The second kappa shape index (κ2) is 29.5. The van der Waals surface area contributed by atoms with Gasteiger partial charge in [-0.25, -0.2) is 15.0 Å². The number of para-hydroxylation sites is 1. The third-order valence-electron chi connectivity index (χ3n) is 24.5. The van der Waals surface area contributed by atoms with Crippen LogP contribution in [-0.4, -0.2) is 28.2 Å². The molecule has 0 unspecified atom stereocenters. The fourth-order valence-electron chi connectivity index (χ4n) is 18.9. The van der Waals surface area contributed by atoms with Crippen LogP contribution >= 0.6 is 0 Å². The van der Waals surface area contributed by atoms with E-state index >= 15 is 0 Å². The standard InChI is InChI=1S/C42H26N2O.2C36H22N2O/c45-42-34-25-24-31(27-14-5-1-6-15-27)32-22-13-23-33(39(32)34)41-43-40-36(44(41)42)26-35(28-16-7-2-8-17-28)37(29-18-9-3-10-19-29)38(40)30-20-11-4-12-21-30;39-36-31-22-26(23-11-4-1-5-12-23)21-30-27(24-13-6-2-7-14-24)19-20-29(33(30)31)35-37-34-28(25-15-8-3-9-16-25)17-10-18-32(34)38(35)36;39-36-31-21-27(24-12-6-2-7-13-24)20-30-28(25-14-8-3-9-15-25)17-18-29(34(30)31)35-37-32-22-26(16-19-33(32)38(35)36)23-10-4-1-5-11-23/h1-26H;2*1-22H. The van der Waals surface area contributed by atoms with Crippen molar-refractivity contribution >= 4 is 115 Å². The van der Waals surface area contributed by atoms with E-state index in [1.165, 1.54) is 0 Å². The van der Waals surface area contributed by atoms with E-state index in [0.29, 0.717) is 33.1 Å². The average molecular weight is 1570 g/mol. The van der Waals surface area contributed by atoms with Gasteiger partial charge in [-0.05, 0) is 183 Å². The van der Waals surface area contributed by atoms with Crippen LogP contribution in [0.1, 0.15) is 0 Å². The Hall–Kier alpha value is -16.6. The number of nitrogens with zero attached hydrogens (tertiary/aromatic N) is 6. The summed E-state index contributed by atoms with van der Waals surface area (Å²) < 4.78 is 5.43. The lowest BCUT2D eigenvalue weighted by molar-refractivity contribution is 1.19. The molecule has 0 atom stereocenters. The predicted octanol–water partition coefficient (Wildman–Crippen LogP) is 27.4. The number of aromatic nitrogens is 6. The van der Waals surface area contributed by atoms with Gasteiger partial charge in [0.15, 0.2) is 0 Å². The summed E-state index contributed by atoms with van der Waals surface area (Å²) in [4.78, 5) is 58.8. The molecule has 0 aliphatic rings. The second-order valence-corrected chi connectivity index (χ2v) is 31.4. The van der Waals surface area contributed by atoms with E-state index in [2.05, 4.69) is 279 Å². The molecule has 0 saturated heterocycles.